The third-order valence-corrected chi connectivity index (χ3v) is 4.37. The number of nitriles is 1. The summed E-state index contributed by atoms with van der Waals surface area (Å²) in [6.45, 7) is 1.88. The highest BCUT2D eigenvalue weighted by molar-refractivity contribution is 6.02. The molecule has 0 saturated heterocycles. The second kappa shape index (κ2) is 6.54. The molecule has 0 atom stereocenters. The molecular formula is C21H15FN4O. The molecule has 0 amide bonds. The quantitative estimate of drug-likeness (QED) is 0.544. The summed E-state index contributed by atoms with van der Waals surface area (Å²) in [5.74, 6) is 0.856. The molecular weight excluding hydrogens is 343 g/mol. The predicted molar refractivity (Wildman–Crippen MR) is 100 cm³/mol. The van der Waals surface area contributed by atoms with Crippen LogP contribution in [0.2, 0.25) is 0 Å². The van der Waals surface area contributed by atoms with Crippen molar-refractivity contribution in [2.24, 2.45) is 0 Å². The molecule has 0 fully saturated rings. The first-order valence-corrected chi connectivity index (χ1v) is 8.29. The van der Waals surface area contributed by atoms with Gasteiger partial charge in [0.05, 0.1) is 12.8 Å². The van der Waals surface area contributed by atoms with Gasteiger partial charge < -0.3 is 4.74 Å². The number of halogens is 1. The first kappa shape index (κ1) is 16.7. The first-order chi connectivity index (χ1) is 13.1. The van der Waals surface area contributed by atoms with Crippen molar-refractivity contribution >= 4 is 10.8 Å². The van der Waals surface area contributed by atoms with Crippen molar-refractivity contribution in [1.82, 2.24) is 14.5 Å². The topological polar surface area (TPSA) is 63.7 Å². The Kier molecular flexibility index (Phi) is 4.05. The van der Waals surface area contributed by atoms with E-state index in [1.54, 1.807) is 30.1 Å². The molecule has 0 saturated carbocycles. The minimum absolute atomic E-state index is 0.211. The highest BCUT2D eigenvalue weighted by atomic mass is 19.1. The Morgan fingerprint density at radius 1 is 1.15 bits per heavy atom. The van der Waals surface area contributed by atoms with Gasteiger partial charge in [-0.15, -0.1) is 0 Å². The van der Waals surface area contributed by atoms with Crippen LogP contribution >= 0.6 is 0 Å². The molecule has 0 N–H and O–H groups in total. The van der Waals surface area contributed by atoms with Gasteiger partial charge in [-0.3, -0.25) is 4.57 Å². The molecule has 2 aromatic heterocycles. The number of hydrogen-bond donors (Lipinski definition) is 0. The minimum Gasteiger partial charge on any atom is -0.497 e. The second-order valence-corrected chi connectivity index (χ2v) is 6.12. The third kappa shape index (κ3) is 2.89. The standard InChI is InChI=1S/C21H15FN4O/c1-13-11-26(12-24-13)21-17-7-6-16(27-2)9-18(17)20(19(10-23)25-21)14-4-3-5-15(22)8-14/h3-9,11-12H,1-2H3. The van der Waals surface area contributed by atoms with E-state index in [9.17, 15) is 9.65 Å². The Hall–Kier alpha value is -3.72. The van der Waals surface area contributed by atoms with Gasteiger partial charge in [0.25, 0.3) is 0 Å². The monoisotopic (exact) mass is 358 g/mol. The Morgan fingerprint density at radius 2 is 2.00 bits per heavy atom. The van der Waals surface area contributed by atoms with Crippen LogP contribution in [0.4, 0.5) is 4.39 Å². The maximum atomic E-state index is 13.8. The van der Waals surface area contributed by atoms with Crippen LogP contribution < -0.4 is 4.74 Å². The first-order valence-electron chi connectivity index (χ1n) is 8.29. The van der Waals surface area contributed by atoms with Gasteiger partial charge >= 0.3 is 0 Å². The van der Waals surface area contributed by atoms with E-state index >= 15 is 0 Å². The highest BCUT2D eigenvalue weighted by Gasteiger charge is 2.18. The van der Waals surface area contributed by atoms with Crippen LogP contribution in [0, 0.1) is 24.1 Å². The molecule has 2 heterocycles. The Balaban J connectivity index is 2.13. The van der Waals surface area contributed by atoms with E-state index in [1.165, 1.54) is 12.1 Å². The van der Waals surface area contributed by atoms with Gasteiger partial charge in [-0.1, -0.05) is 12.1 Å². The fourth-order valence-corrected chi connectivity index (χ4v) is 3.15. The molecule has 0 spiro atoms. The van der Waals surface area contributed by atoms with E-state index in [0.29, 0.717) is 22.7 Å². The van der Waals surface area contributed by atoms with Crippen LogP contribution in [0.25, 0.3) is 27.7 Å². The fraction of sp³-hybridized carbons (Fsp3) is 0.0952. The van der Waals surface area contributed by atoms with Gasteiger partial charge in [0, 0.05) is 17.1 Å². The number of imidazole rings is 1. The van der Waals surface area contributed by atoms with Gasteiger partial charge in [-0.2, -0.15) is 5.26 Å². The summed E-state index contributed by atoms with van der Waals surface area (Å²) in [6, 6.07) is 13.9. The average Bonchev–Trinajstić information content (AvgIpc) is 3.12. The van der Waals surface area contributed by atoms with E-state index in [-0.39, 0.29) is 11.5 Å². The van der Waals surface area contributed by atoms with E-state index in [2.05, 4.69) is 16.0 Å². The molecule has 2 aromatic carbocycles. The summed E-state index contributed by atoms with van der Waals surface area (Å²) in [6.07, 6.45) is 3.50. The molecule has 4 aromatic rings. The highest BCUT2D eigenvalue weighted by Crippen LogP contribution is 2.36. The molecule has 0 aliphatic carbocycles. The van der Waals surface area contributed by atoms with Crippen molar-refractivity contribution < 1.29 is 9.13 Å². The lowest BCUT2D eigenvalue weighted by atomic mass is 9.96. The fourth-order valence-electron chi connectivity index (χ4n) is 3.15. The van der Waals surface area contributed by atoms with Crippen molar-refractivity contribution in [3.63, 3.8) is 0 Å². The van der Waals surface area contributed by atoms with E-state index in [0.717, 1.165) is 16.5 Å². The maximum absolute atomic E-state index is 13.8. The maximum Gasteiger partial charge on any atom is 0.151 e. The number of rotatable bonds is 3. The van der Waals surface area contributed by atoms with E-state index in [4.69, 9.17) is 4.74 Å². The normalized spacial score (nSPS) is 10.7. The van der Waals surface area contributed by atoms with Crippen molar-refractivity contribution in [3.8, 4) is 28.8 Å². The smallest absolute Gasteiger partial charge is 0.151 e. The Labute approximate surface area is 155 Å². The SMILES string of the molecule is COc1ccc2c(-n3cnc(C)c3)nc(C#N)c(-c3cccc(F)c3)c2c1. The number of hydrogen-bond acceptors (Lipinski definition) is 4. The van der Waals surface area contributed by atoms with Crippen LogP contribution in [0.3, 0.4) is 0 Å². The van der Waals surface area contributed by atoms with Gasteiger partial charge in [0.15, 0.2) is 5.69 Å². The van der Waals surface area contributed by atoms with Crippen molar-refractivity contribution in [2.45, 2.75) is 6.92 Å². The molecule has 5 nitrogen and oxygen atoms in total. The van der Waals surface area contributed by atoms with Crippen LogP contribution in [0.5, 0.6) is 5.75 Å². The number of fused-ring (bicyclic) bond motifs is 1. The number of benzene rings is 2. The van der Waals surface area contributed by atoms with Crippen molar-refractivity contribution in [3.05, 3.63) is 72.2 Å². The van der Waals surface area contributed by atoms with Crippen molar-refractivity contribution in [2.75, 3.05) is 7.11 Å². The summed E-state index contributed by atoms with van der Waals surface area (Å²) in [7, 11) is 1.58. The zero-order chi connectivity index (χ0) is 19.0. The van der Waals surface area contributed by atoms with Gasteiger partial charge in [-0.25, -0.2) is 14.4 Å². The lowest BCUT2D eigenvalue weighted by Gasteiger charge is -2.14. The van der Waals surface area contributed by atoms with Gasteiger partial charge in [0.2, 0.25) is 0 Å². The Morgan fingerprint density at radius 3 is 2.67 bits per heavy atom. The lowest BCUT2D eigenvalue weighted by molar-refractivity contribution is 0.415. The number of aryl methyl sites for hydroxylation is 1. The average molecular weight is 358 g/mol. The van der Waals surface area contributed by atoms with E-state index in [1.807, 2.05) is 31.3 Å². The predicted octanol–water partition coefficient (Wildman–Crippen LogP) is 4.42. The van der Waals surface area contributed by atoms with Crippen LogP contribution in [0.15, 0.2) is 55.0 Å². The number of ether oxygens (including phenoxy) is 1. The summed E-state index contributed by atoms with van der Waals surface area (Å²) in [4.78, 5) is 8.81. The molecule has 132 valence electrons. The summed E-state index contributed by atoms with van der Waals surface area (Å²) in [5.41, 5.74) is 2.21. The Bertz CT molecular complexity index is 1210. The summed E-state index contributed by atoms with van der Waals surface area (Å²) < 4.78 is 21.0. The number of methoxy groups -OCH3 is 1. The second-order valence-electron chi connectivity index (χ2n) is 6.12. The molecule has 4 rings (SSSR count). The largest absolute Gasteiger partial charge is 0.497 e. The minimum atomic E-state index is -0.373. The zero-order valence-corrected chi connectivity index (χ0v) is 14.8. The molecule has 0 radical (unpaired) electrons. The molecule has 6 heteroatoms. The molecule has 0 unspecified atom stereocenters. The van der Waals surface area contributed by atoms with Crippen LogP contribution in [-0.2, 0) is 0 Å². The summed E-state index contributed by atoms with van der Waals surface area (Å²) >= 11 is 0. The summed E-state index contributed by atoms with van der Waals surface area (Å²) in [5, 5.41) is 11.3. The molecule has 27 heavy (non-hydrogen) atoms. The molecule has 0 aliphatic rings. The van der Waals surface area contributed by atoms with Gasteiger partial charge in [-0.05, 0) is 48.2 Å². The van der Waals surface area contributed by atoms with Crippen LogP contribution in [0.1, 0.15) is 11.4 Å². The third-order valence-electron chi connectivity index (χ3n) is 4.37. The van der Waals surface area contributed by atoms with E-state index < -0.39 is 0 Å². The molecule has 0 aliphatic heterocycles. The number of aromatic nitrogens is 3. The number of pyridine rings is 1. The van der Waals surface area contributed by atoms with Crippen LogP contribution in [-0.4, -0.2) is 21.6 Å². The lowest BCUT2D eigenvalue weighted by Crippen LogP contribution is -2.02. The number of nitrogens with zero attached hydrogens (tertiary/aromatic N) is 4. The molecule has 0 bridgehead atoms. The van der Waals surface area contributed by atoms with Crippen molar-refractivity contribution in [1.29, 1.82) is 5.26 Å². The zero-order valence-electron chi connectivity index (χ0n) is 14.8. The van der Waals surface area contributed by atoms with Gasteiger partial charge in [0.1, 0.15) is 29.8 Å².